The fourth-order valence-corrected chi connectivity index (χ4v) is 3.41. The lowest BCUT2D eigenvalue weighted by Crippen LogP contribution is -2.38. The number of nitrogens with zero attached hydrogens (tertiary/aromatic N) is 2. The van der Waals surface area contributed by atoms with E-state index in [0.29, 0.717) is 19.0 Å². The van der Waals surface area contributed by atoms with E-state index >= 15 is 0 Å². The van der Waals surface area contributed by atoms with Crippen LogP contribution in [0.25, 0.3) is 0 Å². The predicted octanol–water partition coefficient (Wildman–Crippen LogP) is 1.56. The Hall–Kier alpha value is -1.55. The van der Waals surface area contributed by atoms with Gasteiger partial charge in [0.15, 0.2) is 0 Å². The van der Waals surface area contributed by atoms with Crippen LogP contribution >= 0.6 is 0 Å². The van der Waals surface area contributed by atoms with Crippen molar-refractivity contribution in [2.45, 2.75) is 25.2 Å². The van der Waals surface area contributed by atoms with E-state index in [1.165, 1.54) is 11.3 Å². The van der Waals surface area contributed by atoms with E-state index in [9.17, 15) is 4.79 Å². The number of rotatable bonds is 4. The van der Waals surface area contributed by atoms with Gasteiger partial charge in [-0.05, 0) is 37.4 Å². The monoisotopic (exact) mass is 273 g/mol. The van der Waals surface area contributed by atoms with Crippen molar-refractivity contribution in [1.82, 2.24) is 4.90 Å². The molecule has 3 rings (SSSR count). The molecule has 2 heterocycles. The molecule has 2 aliphatic rings. The summed E-state index contributed by atoms with van der Waals surface area (Å²) in [7, 11) is 0. The fourth-order valence-electron chi connectivity index (χ4n) is 3.41. The van der Waals surface area contributed by atoms with Gasteiger partial charge in [0.2, 0.25) is 5.91 Å². The topological polar surface area (TPSA) is 49.6 Å². The Bertz CT molecular complexity index is 482. The van der Waals surface area contributed by atoms with Crippen LogP contribution in [0.1, 0.15) is 30.7 Å². The number of amides is 1. The minimum Gasteiger partial charge on any atom is -0.361 e. The van der Waals surface area contributed by atoms with Crippen LogP contribution in [0.4, 0.5) is 5.69 Å². The average Bonchev–Trinajstić information content (AvgIpc) is 3.09. The molecule has 2 aliphatic heterocycles. The van der Waals surface area contributed by atoms with Gasteiger partial charge in [-0.1, -0.05) is 18.2 Å². The first kappa shape index (κ1) is 13.4. The lowest BCUT2D eigenvalue weighted by Gasteiger charge is -2.23. The molecule has 108 valence electrons. The highest BCUT2D eigenvalue weighted by Crippen LogP contribution is 2.37. The second-order valence-electron chi connectivity index (χ2n) is 5.80. The molecular weight excluding hydrogens is 250 g/mol. The lowest BCUT2D eigenvalue weighted by molar-refractivity contribution is -0.128. The van der Waals surface area contributed by atoms with E-state index in [4.69, 9.17) is 5.73 Å². The van der Waals surface area contributed by atoms with E-state index in [2.05, 4.69) is 29.2 Å². The summed E-state index contributed by atoms with van der Waals surface area (Å²) < 4.78 is 0. The van der Waals surface area contributed by atoms with Crippen molar-refractivity contribution in [3.8, 4) is 0 Å². The molecule has 4 heteroatoms. The fraction of sp³-hybridized carbons (Fsp3) is 0.562. The van der Waals surface area contributed by atoms with Gasteiger partial charge in [-0.25, -0.2) is 0 Å². The number of nitrogens with two attached hydrogens (primary N) is 1. The van der Waals surface area contributed by atoms with Gasteiger partial charge >= 0.3 is 0 Å². The molecule has 1 saturated heterocycles. The zero-order chi connectivity index (χ0) is 13.9. The van der Waals surface area contributed by atoms with Crippen LogP contribution in [0.3, 0.4) is 0 Å². The highest BCUT2D eigenvalue weighted by Gasteiger charge is 2.30. The minimum atomic E-state index is 0.269. The average molecular weight is 273 g/mol. The second kappa shape index (κ2) is 5.83. The molecule has 0 aliphatic carbocycles. The third kappa shape index (κ3) is 2.52. The van der Waals surface area contributed by atoms with Gasteiger partial charge in [-0.15, -0.1) is 0 Å². The van der Waals surface area contributed by atoms with Crippen molar-refractivity contribution in [1.29, 1.82) is 0 Å². The van der Waals surface area contributed by atoms with Gasteiger partial charge < -0.3 is 15.5 Å². The van der Waals surface area contributed by atoms with Crippen LogP contribution in [0.2, 0.25) is 0 Å². The summed E-state index contributed by atoms with van der Waals surface area (Å²) in [4.78, 5) is 16.6. The first-order chi connectivity index (χ1) is 9.79. The van der Waals surface area contributed by atoms with Crippen LogP contribution in [-0.4, -0.2) is 43.5 Å². The zero-order valence-electron chi connectivity index (χ0n) is 11.9. The van der Waals surface area contributed by atoms with E-state index in [1.54, 1.807) is 0 Å². The summed E-state index contributed by atoms with van der Waals surface area (Å²) in [6.45, 7) is 4.00. The van der Waals surface area contributed by atoms with Crippen molar-refractivity contribution in [3.63, 3.8) is 0 Å². The van der Waals surface area contributed by atoms with E-state index < -0.39 is 0 Å². The summed E-state index contributed by atoms with van der Waals surface area (Å²) in [5.41, 5.74) is 8.29. The third-order valence-electron chi connectivity index (χ3n) is 4.46. The number of para-hydroxylation sites is 1. The minimum absolute atomic E-state index is 0.269. The maximum absolute atomic E-state index is 12.3. The normalized spacial score (nSPS) is 21.4. The smallest absolute Gasteiger partial charge is 0.242 e. The standard InChI is InChI=1S/C16H23N3O/c17-8-7-13-11-19(15-6-2-1-5-14(13)15)12-16(20)18-9-3-4-10-18/h1-2,5-6,13H,3-4,7-12,17H2. The molecule has 1 aromatic carbocycles. The predicted molar refractivity (Wildman–Crippen MR) is 80.9 cm³/mol. The van der Waals surface area contributed by atoms with E-state index in [1.807, 2.05) is 4.90 Å². The highest BCUT2D eigenvalue weighted by atomic mass is 16.2. The van der Waals surface area contributed by atoms with Crippen LogP contribution < -0.4 is 10.6 Å². The molecule has 0 radical (unpaired) electrons. The molecule has 1 unspecified atom stereocenters. The number of carbonyl (C=O) groups excluding carboxylic acids is 1. The van der Waals surface area contributed by atoms with Crippen LogP contribution in [-0.2, 0) is 4.79 Å². The first-order valence-electron chi connectivity index (χ1n) is 7.61. The number of anilines is 1. The number of hydrogen-bond donors (Lipinski definition) is 1. The van der Waals surface area contributed by atoms with Crippen molar-refractivity contribution >= 4 is 11.6 Å². The molecule has 1 atom stereocenters. The van der Waals surface area contributed by atoms with Gasteiger partial charge in [-0.3, -0.25) is 4.79 Å². The number of carbonyl (C=O) groups is 1. The van der Waals surface area contributed by atoms with Gasteiger partial charge in [-0.2, -0.15) is 0 Å². The molecule has 0 bridgehead atoms. The Kier molecular flexibility index (Phi) is 3.92. The summed E-state index contributed by atoms with van der Waals surface area (Å²) in [5, 5.41) is 0. The second-order valence-corrected chi connectivity index (χ2v) is 5.80. The summed E-state index contributed by atoms with van der Waals surface area (Å²) in [6, 6.07) is 8.43. The van der Waals surface area contributed by atoms with E-state index in [-0.39, 0.29) is 5.91 Å². The maximum atomic E-state index is 12.3. The molecule has 0 spiro atoms. The molecule has 0 saturated carbocycles. The number of hydrogen-bond acceptors (Lipinski definition) is 3. The SMILES string of the molecule is NCCC1CN(CC(=O)N2CCCC2)c2ccccc21. The van der Waals surface area contributed by atoms with Crippen LogP contribution in [0.5, 0.6) is 0 Å². The van der Waals surface area contributed by atoms with Gasteiger partial charge in [0.05, 0.1) is 6.54 Å². The number of fused-ring (bicyclic) bond motifs is 1. The first-order valence-corrected chi connectivity index (χ1v) is 7.61. The molecule has 20 heavy (non-hydrogen) atoms. The Morgan fingerprint density at radius 1 is 1.25 bits per heavy atom. The Morgan fingerprint density at radius 3 is 2.75 bits per heavy atom. The summed E-state index contributed by atoms with van der Waals surface area (Å²) >= 11 is 0. The molecule has 1 fully saturated rings. The summed E-state index contributed by atoms with van der Waals surface area (Å²) in [5.74, 6) is 0.744. The number of likely N-dealkylation sites (tertiary alicyclic amines) is 1. The van der Waals surface area contributed by atoms with Gasteiger partial charge in [0.1, 0.15) is 0 Å². The molecule has 0 aromatic heterocycles. The highest BCUT2D eigenvalue weighted by molar-refractivity contribution is 5.82. The Labute approximate surface area is 120 Å². The number of benzene rings is 1. The van der Waals surface area contributed by atoms with Gasteiger partial charge in [0, 0.05) is 31.2 Å². The Morgan fingerprint density at radius 2 is 2.00 bits per heavy atom. The van der Waals surface area contributed by atoms with Crippen molar-refractivity contribution in [2.75, 3.05) is 37.6 Å². The summed E-state index contributed by atoms with van der Waals surface area (Å²) in [6.07, 6.45) is 3.29. The van der Waals surface area contributed by atoms with E-state index in [0.717, 1.165) is 38.9 Å². The van der Waals surface area contributed by atoms with Crippen molar-refractivity contribution in [3.05, 3.63) is 29.8 Å². The molecule has 1 aromatic rings. The largest absolute Gasteiger partial charge is 0.361 e. The quantitative estimate of drug-likeness (QED) is 0.906. The maximum Gasteiger partial charge on any atom is 0.242 e. The molecule has 2 N–H and O–H groups in total. The van der Waals surface area contributed by atoms with Crippen LogP contribution in [0.15, 0.2) is 24.3 Å². The Balaban J connectivity index is 1.72. The van der Waals surface area contributed by atoms with Crippen LogP contribution in [0, 0.1) is 0 Å². The molecular formula is C16H23N3O. The van der Waals surface area contributed by atoms with Gasteiger partial charge in [0.25, 0.3) is 0 Å². The zero-order valence-corrected chi connectivity index (χ0v) is 11.9. The molecule has 1 amide bonds. The van der Waals surface area contributed by atoms with Crippen molar-refractivity contribution < 1.29 is 4.79 Å². The van der Waals surface area contributed by atoms with Crippen molar-refractivity contribution in [2.24, 2.45) is 5.73 Å². The third-order valence-corrected chi connectivity index (χ3v) is 4.46. The molecule has 4 nitrogen and oxygen atoms in total. The lowest BCUT2D eigenvalue weighted by atomic mass is 9.98.